The number of nitrogens with two attached hydrogens (primary N) is 2. The molecule has 0 atom stereocenters. The molecule has 0 unspecified atom stereocenters. The second kappa shape index (κ2) is 5.89. The van der Waals surface area contributed by atoms with Crippen LogP contribution in [0.15, 0.2) is 35.2 Å². The summed E-state index contributed by atoms with van der Waals surface area (Å²) in [6.07, 6.45) is 0. The molecule has 0 radical (unpaired) electrons. The van der Waals surface area contributed by atoms with Crippen LogP contribution in [-0.4, -0.2) is 14.3 Å². The number of amides is 1. The molecule has 2 rings (SSSR count). The molecule has 0 aliphatic rings. The van der Waals surface area contributed by atoms with Crippen molar-refractivity contribution < 1.29 is 26.4 Å². The molecular weight excluding hydrogens is 335 g/mol. The number of hydrogen-bond donors (Lipinski definition) is 3. The van der Waals surface area contributed by atoms with Gasteiger partial charge in [0.2, 0.25) is 10.0 Å². The van der Waals surface area contributed by atoms with Crippen molar-refractivity contribution in [1.82, 2.24) is 0 Å². The molecule has 0 saturated heterocycles. The van der Waals surface area contributed by atoms with Gasteiger partial charge in [0, 0.05) is 17.7 Å². The molecule has 6 nitrogen and oxygen atoms in total. The third-order valence-corrected chi connectivity index (χ3v) is 3.81. The molecule has 0 aromatic heterocycles. The summed E-state index contributed by atoms with van der Waals surface area (Å²) in [6, 6.07) is 3.90. The third-order valence-electron chi connectivity index (χ3n) is 2.84. The Morgan fingerprint density at radius 2 is 1.61 bits per heavy atom. The summed E-state index contributed by atoms with van der Waals surface area (Å²) in [4.78, 5) is 11.5. The number of rotatable bonds is 3. The first kappa shape index (κ1) is 16.8. The molecule has 0 bridgehead atoms. The largest absolute Gasteiger partial charge is 0.398 e. The Kier molecular flexibility index (Phi) is 4.30. The zero-order valence-electron chi connectivity index (χ0n) is 11.3. The summed E-state index contributed by atoms with van der Waals surface area (Å²) in [7, 11) is -4.17. The maximum Gasteiger partial charge on any atom is 0.255 e. The minimum absolute atomic E-state index is 0.178. The van der Waals surface area contributed by atoms with Crippen LogP contribution in [0.5, 0.6) is 0 Å². The molecular formula is C13H10F3N3O3S. The predicted octanol–water partition coefficient (Wildman–Crippen LogP) is 1.59. The van der Waals surface area contributed by atoms with Crippen LogP contribution in [0.3, 0.4) is 0 Å². The van der Waals surface area contributed by atoms with Crippen LogP contribution in [-0.2, 0) is 10.0 Å². The van der Waals surface area contributed by atoms with Crippen LogP contribution >= 0.6 is 0 Å². The number of nitrogens with one attached hydrogen (secondary N) is 1. The second-order valence-electron chi connectivity index (χ2n) is 4.50. The third kappa shape index (κ3) is 3.60. The van der Waals surface area contributed by atoms with Gasteiger partial charge in [0.05, 0.1) is 11.4 Å². The zero-order chi connectivity index (χ0) is 17.4. The molecule has 1 amide bonds. The van der Waals surface area contributed by atoms with Gasteiger partial charge >= 0.3 is 0 Å². The molecule has 5 N–H and O–H groups in total. The molecule has 0 spiro atoms. The molecule has 2 aromatic carbocycles. The highest BCUT2D eigenvalue weighted by Crippen LogP contribution is 2.22. The van der Waals surface area contributed by atoms with Crippen LogP contribution in [0.25, 0.3) is 0 Å². The lowest BCUT2D eigenvalue weighted by Crippen LogP contribution is -2.18. The minimum Gasteiger partial charge on any atom is -0.398 e. The van der Waals surface area contributed by atoms with Crippen molar-refractivity contribution in [2.45, 2.75) is 4.90 Å². The first-order valence-electron chi connectivity index (χ1n) is 5.98. The average molecular weight is 345 g/mol. The van der Waals surface area contributed by atoms with Gasteiger partial charge in [-0.25, -0.2) is 26.7 Å². The van der Waals surface area contributed by atoms with Crippen molar-refractivity contribution in [3.8, 4) is 0 Å². The van der Waals surface area contributed by atoms with Crippen LogP contribution in [0.1, 0.15) is 10.4 Å². The van der Waals surface area contributed by atoms with E-state index < -0.39 is 44.0 Å². The Bertz CT molecular complexity index is 901. The molecule has 2 aromatic rings. The Morgan fingerprint density at radius 3 is 2.22 bits per heavy atom. The summed E-state index contributed by atoms with van der Waals surface area (Å²) in [6.45, 7) is 0. The van der Waals surface area contributed by atoms with Gasteiger partial charge in [-0.05, 0) is 18.2 Å². The molecule has 0 saturated carbocycles. The molecule has 0 heterocycles. The fourth-order valence-electron chi connectivity index (χ4n) is 1.73. The van der Waals surface area contributed by atoms with Crippen molar-refractivity contribution in [2.24, 2.45) is 5.14 Å². The van der Waals surface area contributed by atoms with Crippen molar-refractivity contribution in [3.63, 3.8) is 0 Å². The number of sulfonamides is 1. The highest BCUT2D eigenvalue weighted by atomic mass is 32.2. The van der Waals surface area contributed by atoms with Gasteiger partial charge in [0.1, 0.15) is 10.7 Å². The van der Waals surface area contributed by atoms with E-state index >= 15 is 0 Å². The van der Waals surface area contributed by atoms with Gasteiger partial charge in [-0.3, -0.25) is 4.79 Å². The Balaban J connectivity index is 2.37. The van der Waals surface area contributed by atoms with E-state index in [0.29, 0.717) is 6.07 Å². The average Bonchev–Trinajstić information content (AvgIpc) is 2.43. The lowest BCUT2D eigenvalue weighted by molar-refractivity contribution is 0.102. The number of benzene rings is 2. The topological polar surface area (TPSA) is 115 Å². The van der Waals surface area contributed by atoms with E-state index in [9.17, 15) is 26.4 Å². The van der Waals surface area contributed by atoms with E-state index in [2.05, 4.69) is 0 Å². The highest BCUT2D eigenvalue weighted by molar-refractivity contribution is 7.89. The lowest BCUT2D eigenvalue weighted by atomic mass is 10.2. The van der Waals surface area contributed by atoms with Crippen LogP contribution < -0.4 is 16.2 Å². The van der Waals surface area contributed by atoms with Gasteiger partial charge < -0.3 is 11.1 Å². The summed E-state index contributed by atoms with van der Waals surface area (Å²) in [5.74, 6) is -4.92. The summed E-state index contributed by atoms with van der Waals surface area (Å²) in [5, 5.41) is 6.94. The molecule has 23 heavy (non-hydrogen) atoms. The molecule has 0 fully saturated rings. The Hall–Kier alpha value is -2.59. The van der Waals surface area contributed by atoms with Gasteiger partial charge in [-0.1, -0.05) is 0 Å². The number of hydrogen-bond acceptors (Lipinski definition) is 4. The predicted molar refractivity (Wildman–Crippen MR) is 76.5 cm³/mol. The van der Waals surface area contributed by atoms with E-state index in [-0.39, 0.29) is 17.3 Å². The number of carbonyl (C=O) groups excluding carboxylic acids is 1. The van der Waals surface area contributed by atoms with E-state index in [1.54, 1.807) is 0 Å². The van der Waals surface area contributed by atoms with Gasteiger partial charge in [0.25, 0.3) is 5.91 Å². The summed E-state index contributed by atoms with van der Waals surface area (Å²) in [5.41, 5.74) is 4.45. The normalized spacial score (nSPS) is 11.3. The van der Waals surface area contributed by atoms with E-state index in [1.165, 1.54) is 0 Å². The highest BCUT2D eigenvalue weighted by Gasteiger charge is 2.17. The fraction of sp³-hybridized carbons (Fsp3) is 0. The van der Waals surface area contributed by atoms with Gasteiger partial charge in [-0.2, -0.15) is 0 Å². The number of primary sulfonamides is 1. The monoisotopic (exact) mass is 345 g/mol. The molecule has 0 aliphatic heterocycles. The van der Waals surface area contributed by atoms with Crippen LogP contribution in [0.2, 0.25) is 0 Å². The van der Waals surface area contributed by atoms with E-state index in [0.717, 1.165) is 18.2 Å². The Labute approximate surface area is 129 Å². The zero-order valence-corrected chi connectivity index (χ0v) is 12.1. The van der Waals surface area contributed by atoms with Crippen molar-refractivity contribution >= 4 is 27.3 Å². The molecule has 10 heteroatoms. The molecule has 122 valence electrons. The van der Waals surface area contributed by atoms with Crippen molar-refractivity contribution in [1.29, 1.82) is 0 Å². The van der Waals surface area contributed by atoms with Crippen molar-refractivity contribution in [3.05, 3.63) is 53.3 Å². The van der Waals surface area contributed by atoms with Crippen LogP contribution in [0.4, 0.5) is 24.5 Å². The van der Waals surface area contributed by atoms with E-state index in [1.807, 2.05) is 5.32 Å². The standard InChI is InChI=1S/C13H10F3N3O3S/c14-7-4-9(16)11(5-8(7)15)19-13(20)6-1-2-10(17)12(3-6)23(18,21)22/h1-5H,17H2,(H,19,20)(H2,18,21,22). The van der Waals surface area contributed by atoms with Crippen LogP contribution in [0, 0.1) is 17.5 Å². The number of nitrogen functional groups attached to an aromatic ring is 1. The SMILES string of the molecule is Nc1ccc(C(=O)Nc2cc(F)c(F)cc2F)cc1S(N)(=O)=O. The first-order valence-corrected chi connectivity index (χ1v) is 7.52. The summed E-state index contributed by atoms with van der Waals surface area (Å²) < 4.78 is 62.1. The minimum atomic E-state index is -4.17. The summed E-state index contributed by atoms with van der Waals surface area (Å²) >= 11 is 0. The van der Waals surface area contributed by atoms with Gasteiger partial charge in [-0.15, -0.1) is 0 Å². The number of halogens is 3. The Morgan fingerprint density at radius 1 is 1.00 bits per heavy atom. The second-order valence-corrected chi connectivity index (χ2v) is 6.03. The quantitative estimate of drug-likeness (QED) is 0.579. The lowest BCUT2D eigenvalue weighted by Gasteiger charge is -2.09. The van der Waals surface area contributed by atoms with Crippen molar-refractivity contribution in [2.75, 3.05) is 11.1 Å². The number of anilines is 2. The van der Waals surface area contributed by atoms with Gasteiger partial charge in [0.15, 0.2) is 11.6 Å². The maximum absolute atomic E-state index is 13.5. The van der Waals surface area contributed by atoms with E-state index in [4.69, 9.17) is 10.9 Å². The fourth-order valence-corrected chi connectivity index (χ4v) is 2.42. The maximum atomic E-state index is 13.5. The number of carbonyl (C=O) groups is 1. The smallest absolute Gasteiger partial charge is 0.255 e. The first-order chi connectivity index (χ1) is 10.6. The molecule has 0 aliphatic carbocycles.